The van der Waals surface area contributed by atoms with Crippen LogP contribution in [0, 0.1) is 5.92 Å². The van der Waals surface area contributed by atoms with E-state index >= 15 is 0 Å². The highest BCUT2D eigenvalue weighted by atomic mass is 16.2. The highest BCUT2D eigenvalue weighted by Crippen LogP contribution is 2.16. The monoisotopic (exact) mass is 330 g/mol. The number of hydrogen-bond acceptors (Lipinski definition) is 4. The fourth-order valence-electron chi connectivity index (χ4n) is 3.01. The van der Waals surface area contributed by atoms with Gasteiger partial charge in [-0.3, -0.25) is 24.3 Å². The zero-order chi connectivity index (χ0) is 17.3. The van der Waals surface area contributed by atoms with E-state index in [0.29, 0.717) is 31.3 Å². The Morgan fingerprint density at radius 2 is 1.75 bits per heavy atom. The molecule has 2 aromatic rings. The van der Waals surface area contributed by atoms with E-state index in [1.54, 1.807) is 29.2 Å². The van der Waals surface area contributed by atoms with Gasteiger partial charge < -0.3 is 10.6 Å². The Morgan fingerprint density at radius 1 is 1.12 bits per heavy atom. The molecule has 3 rings (SSSR count). The first-order valence-electron chi connectivity index (χ1n) is 7.76. The molecular weight excluding hydrogens is 312 g/mol. The van der Waals surface area contributed by atoms with Gasteiger partial charge in [-0.1, -0.05) is 12.1 Å². The minimum absolute atomic E-state index is 0.211. The van der Waals surface area contributed by atoms with Crippen LogP contribution in [0.1, 0.15) is 12.8 Å². The first kappa shape index (κ1) is 16.0. The summed E-state index contributed by atoms with van der Waals surface area (Å²) in [5.74, 6) is -0.833. The molecule has 1 aromatic carbocycles. The van der Waals surface area contributed by atoms with Crippen molar-refractivity contribution in [3.8, 4) is 0 Å². The molecule has 3 N–H and O–H groups in total. The number of benzene rings is 1. The van der Waals surface area contributed by atoms with Crippen LogP contribution < -0.4 is 16.9 Å². The summed E-state index contributed by atoms with van der Waals surface area (Å²) >= 11 is 0. The number of fused-ring (bicyclic) bond motifs is 1. The van der Waals surface area contributed by atoms with E-state index in [9.17, 15) is 19.2 Å². The SMILES string of the molecule is NC(=O)C1CCN(C(=O)Cn2[nH]c(=O)c3ccccc3c2=O)CC1. The molecule has 1 saturated heterocycles. The van der Waals surface area contributed by atoms with Crippen LogP contribution in [-0.2, 0) is 16.1 Å². The summed E-state index contributed by atoms with van der Waals surface area (Å²) in [6.07, 6.45) is 1.04. The maximum atomic E-state index is 12.4. The molecule has 1 aromatic heterocycles. The number of carbonyl (C=O) groups is 2. The molecule has 8 nitrogen and oxygen atoms in total. The van der Waals surface area contributed by atoms with E-state index < -0.39 is 11.1 Å². The normalized spacial score (nSPS) is 15.6. The van der Waals surface area contributed by atoms with Gasteiger partial charge in [0.15, 0.2) is 0 Å². The van der Waals surface area contributed by atoms with Gasteiger partial charge >= 0.3 is 0 Å². The van der Waals surface area contributed by atoms with E-state index in [1.807, 2.05) is 0 Å². The molecule has 126 valence electrons. The molecule has 0 atom stereocenters. The minimum atomic E-state index is -0.412. The van der Waals surface area contributed by atoms with E-state index in [4.69, 9.17) is 5.73 Å². The number of carbonyl (C=O) groups excluding carboxylic acids is 2. The Labute approximate surface area is 136 Å². The molecule has 1 aliphatic heterocycles. The minimum Gasteiger partial charge on any atom is -0.369 e. The molecule has 1 fully saturated rings. The number of aromatic nitrogens is 2. The number of hydrogen-bond donors (Lipinski definition) is 2. The van der Waals surface area contributed by atoms with Crippen molar-refractivity contribution in [1.29, 1.82) is 0 Å². The van der Waals surface area contributed by atoms with Crippen LogP contribution >= 0.6 is 0 Å². The van der Waals surface area contributed by atoms with Gasteiger partial charge in [0, 0.05) is 19.0 Å². The lowest BCUT2D eigenvalue weighted by molar-refractivity contribution is -0.135. The summed E-state index contributed by atoms with van der Waals surface area (Å²) in [6.45, 7) is 0.595. The number of aromatic amines is 1. The fourth-order valence-corrected chi connectivity index (χ4v) is 3.01. The van der Waals surface area contributed by atoms with Crippen molar-refractivity contribution in [2.24, 2.45) is 11.7 Å². The molecule has 2 heterocycles. The number of H-pyrrole nitrogens is 1. The quantitative estimate of drug-likeness (QED) is 0.782. The van der Waals surface area contributed by atoms with E-state index in [-0.39, 0.29) is 29.7 Å². The van der Waals surface area contributed by atoms with Crippen LogP contribution in [0.4, 0.5) is 0 Å². The van der Waals surface area contributed by atoms with Gasteiger partial charge in [0.05, 0.1) is 10.8 Å². The molecule has 0 bridgehead atoms. The summed E-state index contributed by atoms with van der Waals surface area (Å²) in [6, 6.07) is 6.47. The smallest absolute Gasteiger partial charge is 0.273 e. The van der Waals surface area contributed by atoms with Gasteiger partial charge in [-0.05, 0) is 25.0 Å². The summed E-state index contributed by atoms with van der Waals surface area (Å²) in [7, 11) is 0. The van der Waals surface area contributed by atoms with Crippen molar-refractivity contribution >= 4 is 22.6 Å². The van der Waals surface area contributed by atoms with Gasteiger partial charge in [0.25, 0.3) is 11.1 Å². The van der Waals surface area contributed by atoms with Crippen molar-refractivity contribution < 1.29 is 9.59 Å². The van der Waals surface area contributed by atoms with Crippen molar-refractivity contribution in [3.05, 3.63) is 45.0 Å². The lowest BCUT2D eigenvalue weighted by Crippen LogP contribution is -2.44. The predicted octanol–water partition coefficient (Wildman–Crippen LogP) is -0.586. The molecule has 0 spiro atoms. The third-order valence-electron chi connectivity index (χ3n) is 4.43. The summed E-state index contributed by atoms with van der Waals surface area (Å²) in [4.78, 5) is 49.6. The van der Waals surface area contributed by atoms with Gasteiger partial charge in [-0.15, -0.1) is 0 Å². The first-order chi connectivity index (χ1) is 11.5. The van der Waals surface area contributed by atoms with Gasteiger partial charge in [0.2, 0.25) is 11.8 Å². The summed E-state index contributed by atoms with van der Waals surface area (Å²) in [5.41, 5.74) is 4.45. The third-order valence-corrected chi connectivity index (χ3v) is 4.43. The van der Waals surface area contributed by atoms with Gasteiger partial charge in [-0.25, -0.2) is 4.68 Å². The molecule has 24 heavy (non-hydrogen) atoms. The average Bonchev–Trinajstić information content (AvgIpc) is 2.59. The Kier molecular flexibility index (Phi) is 4.20. The third kappa shape index (κ3) is 2.94. The summed E-state index contributed by atoms with van der Waals surface area (Å²) in [5, 5.41) is 3.02. The maximum Gasteiger partial charge on any atom is 0.273 e. The fraction of sp³-hybridized carbons (Fsp3) is 0.375. The highest BCUT2D eigenvalue weighted by molar-refractivity contribution is 5.81. The van der Waals surface area contributed by atoms with E-state index in [2.05, 4.69) is 5.10 Å². The molecular formula is C16H18N4O4. The number of nitrogens with two attached hydrogens (primary N) is 1. The predicted molar refractivity (Wildman–Crippen MR) is 87.3 cm³/mol. The largest absolute Gasteiger partial charge is 0.369 e. The molecule has 0 radical (unpaired) electrons. The number of nitrogens with one attached hydrogen (secondary N) is 1. The van der Waals surface area contributed by atoms with Crippen molar-refractivity contribution in [2.75, 3.05) is 13.1 Å². The van der Waals surface area contributed by atoms with Crippen LogP contribution in [0.2, 0.25) is 0 Å². The number of piperidine rings is 1. The summed E-state index contributed by atoms with van der Waals surface area (Å²) < 4.78 is 1.03. The molecule has 1 aliphatic rings. The van der Waals surface area contributed by atoms with Crippen molar-refractivity contribution in [2.45, 2.75) is 19.4 Å². The second-order valence-corrected chi connectivity index (χ2v) is 5.94. The van der Waals surface area contributed by atoms with E-state index in [1.165, 1.54) is 0 Å². The van der Waals surface area contributed by atoms with Gasteiger partial charge in [-0.2, -0.15) is 0 Å². The van der Waals surface area contributed by atoms with Crippen LogP contribution in [0.5, 0.6) is 0 Å². The first-order valence-corrected chi connectivity index (χ1v) is 7.76. The topological polar surface area (TPSA) is 118 Å². The number of nitrogens with zero attached hydrogens (tertiary/aromatic N) is 2. The van der Waals surface area contributed by atoms with Gasteiger partial charge in [0.1, 0.15) is 6.54 Å². The number of primary amides is 1. The molecule has 0 aliphatic carbocycles. The zero-order valence-corrected chi connectivity index (χ0v) is 13.0. The van der Waals surface area contributed by atoms with Crippen LogP contribution in [-0.4, -0.2) is 39.6 Å². The highest BCUT2D eigenvalue weighted by Gasteiger charge is 2.26. The average molecular weight is 330 g/mol. The van der Waals surface area contributed by atoms with Crippen LogP contribution in [0.3, 0.4) is 0 Å². The Bertz CT molecular complexity index is 906. The maximum absolute atomic E-state index is 12.4. The standard InChI is InChI=1S/C16H18N4O4/c17-14(22)10-5-7-19(8-6-10)13(21)9-20-16(24)12-4-2-1-3-11(12)15(23)18-20/h1-4,10H,5-9H2,(H2,17,22)(H,18,23). The molecule has 0 unspecified atom stereocenters. The van der Waals surface area contributed by atoms with Crippen molar-refractivity contribution in [3.63, 3.8) is 0 Å². The van der Waals surface area contributed by atoms with Crippen LogP contribution in [0.25, 0.3) is 10.8 Å². The number of amides is 2. The second kappa shape index (κ2) is 6.31. The second-order valence-electron chi connectivity index (χ2n) is 5.94. The Balaban J connectivity index is 1.79. The van der Waals surface area contributed by atoms with Crippen molar-refractivity contribution in [1.82, 2.24) is 14.7 Å². The molecule has 2 amide bonds. The number of rotatable bonds is 3. The molecule has 8 heteroatoms. The number of likely N-dealkylation sites (tertiary alicyclic amines) is 1. The van der Waals surface area contributed by atoms with E-state index in [0.717, 1.165) is 4.68 Å². The lowest BCUT2D eigenvalue weighted by Gasteiger charge is -2.30. The Morgan fingerprint density at radius 3 is 2.38 bits per heavy atom. The lowest BCUT2D eigenvalue weighted by atomic mass is 9.96. The Hall–Kier alpha value is -2.90. The van der Waals surface area contributed by atoms with Crippen LogP contribution in [0.15, 0.2) is 33.9 Å². The molecule has 0 saturated carbocycles. The zero-order valence-electron chi connectivity index (χ0n) is 13.0.